The van der Waals surface area contributed by atoms with Crippen molar-refractivity contribution >= 4 is 5.97 Å². The molecule has 0 N–H and O–H groups in total. The number of hydrogen-bond acceptors (Lipinski definition) is 3. The van der Waals surface area contributed by atoms with E-state index >= 15 is 0 Å². The van der Waals surface area contributed by atoms with Gasteiger partial charge in [0.2, 0.25) is 0 Å². The molecular formula is C17H24O3. The van der Waals surface area contributed by atoms with Crippen LogP contribution >= 0.6 is 0 Å². The Balaban J connectivity index is 1.45. The van der Waals surface area contributed by atoms with Gasteiger partial charge >= 0.3 is 5.97 Å². The van der Waals surface area contributed by atoms with Crippen LogP contribution in [0.25, 0.3) is 0 Å². The molecule has 3 fully saturated rings. The van der Waals surface area contributed by atoms with Gasteiger partial charge in [-0.25, -0.2) is 4.79 Å². The zero-order valence-corrected chi connectivity index (χ0v) is 12.2. The van der Waals surface area contributed by atoms with Crippen LogP contribution in [0.4, 0.5) is 0 Å². The van der Waals surface area contributed by atoms with Gasteiger partial charge in [0.25, 0.3) is 0 Å². The lowest BCUT2D eigenvalue weighted by Crippen LogP contribution is -2.47. The molecule has 4 aliphatic rings. The van der Waals surface area contributed by atoms with Gasteiger partial charge in [0.15, 0.2) is 0 Å². The first-order valence-electron chi connectivity index (χ1n) is 7.77. The van der Waals surface area contributed by atoms with E-state index in [2.05, 4.69) is 18.7 Å². The average Bonchev–Trinajstić information content (AvgIpc) is 2.95. The number of allylic oxidation sites excluding steroid dienone is 2. The fourth-order valence-corrected chi connectivity index (χ4v) is 4.33. The normalized spacial score (nSPS) is 37.8. The van der Waals surface area contributed by atoms with E-state index in [1.165, 1.54) is 25.7 Å². The standard InChI is InChI=1S/C17H24O3/c1-11(2)17(18)20-9-8-19-16-10-12-6-7-15(16)14-5-3-4-13(12)14/h3-4,12-16H,1,5-10H2,2H3. The molecule has 0 aromatic rings. The highest BCUT2D eigenvalue weighted by Gasteiger charge is 2.48. The van der Waals surface area contributed by atoms with Gasteiger partial charge in [-0.1, -0.05) is 18.7 Å². The number of carbonyl (C=O) groups is 1. The van der Waals surface area contributed by atoms with Crippen molar-refractivity contribution in [2.75, 3.05) is 13.2 Å². The molecule has 4 rings (SSSR count). The van der Waals surface area contributed by atoms with Crippen LogP contribution in [0.3, 0.4) is 0 Å². The monoisotopic (exact) mass is 276 g/mol. The van der Waals surface area contributed by atoms with Crippen LogP contribution in [-0.2, 0) is 14.3 Å². The maximum Gasteiger partial charge on any atom is 0.333 e. The molecule has 3 saturated carbocycles. The summed E-state index contributed by atoms with van der Waals surface area (Å²) >= 11 is 0. The molecule has 0 spiro atoms. The predicted molar refractivity (Wildman–Crippen MR) is 77.1 cm³/mol. The van der Waals surface area contributed by atoms with Gasteiger partial charge in [0.1, 0.15) is 6.61 Å². The molecule has 0 aliphatic heterocycles. The van der Waals surface area contributed by atoms with E-state index in [9.17, 15) is 4.79 Å². The second-order valence-corrected chi connectivity index (χ2v) is 6.47. The number of hydrogen-bond donors (Lipinski definition) is 0. The van der Waals surface area contributed by atoms with Crippen LogP contribution < -0.4 is 0 Å². The molecule has 0 aromatic carbocycles. The minimum absolute atomic E-state index is 0.321. The SMILES string of the molecule is C=C(C)C(=O)OCCOC1CC2CCC1C1CC=CC21. The number of carbonyl (C=O) groups excluding carboxylic acids is 1. The third-order valence-corrected chi connectivity index (χ3v) is 5.24. The Kier molecular flexibility index (Phi) is 3.97. The quantitative estimate of drug-likeness (QED) is 0.335. The number of ether oxygens (including phenoxy) is 2. The second kappa shape index (κ2) is 5.72. The van der Waals surface area contributed by atoms with Gasteiger partial charge in [-0.15, -0.1) is 0 Å². The maximum atomic E-state index is 11.3. The first kappa shape index (κ1) is 13.9. The minimum atomic E-state index is -0.321. The molecule has 0 amide bonds. The maximum absolute atomic E-state index is 11.3. The number of rotatable bonds is 5. The zero-order valence-electron chi connectivity index (χ0n) is 12.2. The Hall–Kier alpha value is -1.09. The Morgan fingerprint density at radius 1 is 1.30 bits per heavy atom. The Labute approximate surface area is 121 Å². The van der Waals surface area contributed by atoms with Crippen LogP contribution in [-0.4, -0.2) is 25.3 Å². The predicted octanol–water partition coefficient (Wildman–Crippen LogP) is 3.11. The van der Waals surface area contributed by atoms with E-state index in [1.54, 1.807) is 6.92 Å². The van der Waals surface area contributed by atoms with Gasteiger partial charge in [-0.2, -0.15) is 0 Å². The summed E-state index contributed by atoms with van der Waals surface area (Å²) in [4.78, 5) is 11.3. The van der Waals surface area contributed by atoms with Crippen LogP contribution in [0.1, 0.15) is 32.6 Å². The van der Waals surface area contributed by atoms with E-state index in [4.69, 9.17) is 9.47 Å². The Bertz CT molecular complexity index is 426. The molecular weight excluding hydrogens is 252 g/mol. The summed E-state index contributed by atoms with van der Waals surface area (Å²) in [5, 5.41) is 0. The summed E-state index contributed by atoms with van der Waals surface area (Å²) in [5.41, 5.74) is 0.446. The smallest absolute Gasteiger partial charge is 0.333 e. The molecule has 5 unspecified atom stereocenters. The van der Waals surface area contributed by atoms with Crippen molar-refractivity contribution in [1.29, 1.82) is 0 Å². The molecule has 0 saturated heterocycles. The minimum Gasteiger partial charge on any atom is -0.460 e. The van der Waals surface area contributed by atoms with E-state index in [0.29, 0.717) is 30.8 Å². The van der Waals surface area contributed by atoms with E-state index in [-0.39, 0.29) is 5.97 Å². The molecule has 0 aromatic heterocycles. The highest BCUT2D eigenvalue weighted by Crippen LogP contribution is 2.53. The van der Waals surface area contributed by atoms with Crippen molar-refractivity contribution in [2.45, 2.75) is 38.7 Å². The fraction of sp³-hybridized carbons (Fsp3) is 0.706. The summed E-state index contributed by atoms with van der Waals surface area (Å²) in [7, 11) is 0. The molecule has 2 bridgehead atoms. The van der Waals surface area contributed by atoms with Gasteiger partial charge in [0, 0.05) is 5.57 Å². The van der Waals surface area contributed by atoms with Crippen LogP contribution in [0.15, 0.2) is 24.3 Å². The molecule has 3 heteroatoms. The fourth-order valence-electron chi connectivity index (χ4n) is 4.33. The molecule has 5 atom stereocenters. The van der Waals surface area contributed by atoms with Gasteiger partial charge in [-0.05, 0) is 56.3 Å². The lowest BCUT2D eigenvalue weighted by atomic mass is 9.58. The molecule has 110 valence electrons. The van der Waals surface area contributed by atoms with Crippen molar-refractivity contribution in [3.8, 4) is 0 Å². The topological polar surface area (TPSA) is 35.5 Å². The number of esters is 1. The molecule has 3 nitrogen and oxygen atoms in total. The van der Waals surface area contributed by atoms with E-state index in [1.807, 2.05) is 0 Å². The van der Waals surface area contributed by atoms with Crippen LogP contribution in [0, 0.1) is 23.7 Å². The van der Waals surface area contributed by atoms with Crippen LogP contribution in [0.5, 0.6) is 0 Å². The van der Waals surface area contributed by atoms with Crippen molar-refractivity contribution < 1.29 is 14.3 Å². The number of fused-ring (bicyclic) bond motifs is 2. The zero-order chi connectivity index (χ0) is 14.1. The van der Waals surface area contributed by atoms with Crippen molar-refractivity contribution in [2.24, 2.45) is 23.7 Å². The van der Waals surface area contributed by atoms with Gasteiger partial charge < -0.3 is 9.47 Å². The summed E-state index contributed by atoms with van der Waals surface area (Å²) in [6.07, 6.45) is 10.3. The lowest BCUT2D eigenvalue weighted by Gasteiger charge is -2.50. The first-order chi connectivity index (χ1) is 9.66. The summed E-state index contributed by atoms with van der Waals surface area (Å²) in [5.74, 6) is 2.82. The molecule has 0 heterocycles. The Morgan fingerprint density at radius 3 is 2.95 bits per heavy atom. The summed E-state index contributed by atoms with van der Waals surface area (Å²) in [6, 6.07) is 0. The van der Waals surface area contributed by atoms with Crippen molar-refractivity contribution in [1.82, 2.24) is 0 Å². The third kappa shape index (κ3) is 2.56. The van der Waals surface area contributed by atoms with Crippen LogP contribution in [0.2, 0.25) is 0 Å². The highest BCUT2D eigenvalue weighted by molar-refractivity contribution is 5.86. The third-order valence-electron chi connectivity index (χ3n) is 5.24. The Morgan fingerprint density at radius 2 is 2.15 bits per heavy atom. The van der Waals surface area contributed by atoms with Gasteiger partial charge in [-0.3, -0.25) is 0 Å². The highest BCUT2D eigenvalue weighted by atomic mass is 16.6. The summed E-state index contributed by atoms with van der Waals surface area (Å²) in [6.45, 7) is 6.08. The average molecular weight is 276 g/mol. The van der Waals surface area contributed by atoms with Crippen molar-refractivity contribution in [3.63, 3.8) is 0 Å². The van der Waals surface area contributed by atoms with E-state index < -0.39 is 0 Å². The van der Waals surface area contributed by atoms with E-state index in [0.717, 1.165) is 17.8 Å². The second-order valence-electron chi connectivity index (χ2n) is 6.47. The van der Waals surface area contributed by atoms with Gasteiger partial charge in [0.05, 0.1) is 12.7 Å². The largest absolute Gasteiger partial charge is 0.460 e. The molecule has 20 heavy (non-hydrogen) atoms. The first-order valence-corrected chi connectivity index (χ1v) is 7.77. The molecule has 0 radical (unpaired) electrons. The summed E-state index contributed by atoms with van der Waals surface area (Å²) < 4.78 is 11.1. The lowest BCUT2D eigenvalue weighted by molar-refractivity contribution is -0.144. The van der Waals surface area contributed by atoms with Crippen molar-refractivity contribution in [3.05, 3.63) is 24.3 Å². The molecule has 4 aliphatic carbocycles.